The van der Waals surface area contributed by atoms with Gasteiger partial charge in [0.15, 0.2) is 0 Å². The predicted molar refractivity (Wildman–Crippen MR) is 53.6 cm³/mol. The van der Waals surface area contributed by atoms with E-state index in [9.17, 15) is 0 Å². The van der Waals surface area contributed by atoms with Crippen molar-refractivity contribution in [2.24, 2.45) is 0 Å². The molecular formula is C7H17ClSiSn. The van der Waals surface area contributed by atoms with E-state index >= 15 is 0 Å². The van der Waals surface area contributed by atoms with E-state index in [2.05, 4.69) is 20.0 Å². The van der Waals surface area contributed by atoms with Crippen molar-refractivity contribution in [1.29, 1.82) is 0 Å². The van der Waals surface area contributed by atoms with Gasteiger partial charge in [-0.15, -0.1) is 0 Å². The number of hydrogen-bond donors (Lipinski definition) is 0. The Hall–Kier alpha value is 1.31. The Bertz CT molecular complexity index is 85.7. The van der Waals surface area contributed by atoms with E-state index in [1.807, 2.05) is 0 Å². The van der Waals surface area contributed by atoms with Crippen LogP contribution in [-0.4, -0.2) is 28.1 Å². The van der Waals surface area contributed by atoms with Gasteiger partial charge in [-0.25, -0.2) is 0 Å². The quantitative estimate of drug-likeness (QED) is 0.679. The maximum absolute atomic E-state index is 5.87. The first-order valence-corrected chi connectivity index (χ1v) is 13.0. The fourth-order valence-corrected chi connectivity index (χ4v) is 14.7. The Morgan fingerprint density at radius 2 is 2.00 bits per heavy atom. The van der Waals surface area contributed by atoms with Crippen molar-refractivity contribution in [3.05, 3.63) is 0 Å². The molecule has 60 valence electrons. The van der Waals surface area contributed by atoms with Crippen LogP contribution >= 0.6 is 8.92 Å². The summed E-state index contributed by atoms with van der Waals surface area (Å²) in [5, 5.41) is 0. The summed E-state index contributed by atoms with van der Waals surface area (Å²) in [6.07, 6.45) is 2.78. The van der Waals surface area contributed by atoms with Crippen LogP contribution in [0.4, 0.5) is 0 Å². The summed E-state index contributed by atoms with van der Waals surface area (Å²) in [6.45, 7) is 7.23. The molecule has 0 saturated carbocycles. The molecule has 0 bridgehead atoms. The molecule has 0 fully saturated rings. The molecule has 0 aliphatic carbocycles. The first-order chi connectivity index (χ1) is 4.62. The van der Waals surface area contributed by atoms with Crippen molar-refractivity contribution in [1.82, 2.24) is 0 Å². The van der Waals surface area contributed by atoms with Gasteiger partial charge in [-0.3, -0.25) is 0 Å². The van der Waals surface area contributed by atoms with Gasteiger partial charge in [0.05, 0.1) is 0 Å². The molecule has 3 heteroatoms. The molecule has 0 aromatic heterocycles. The van der Waals surface area contributed by atoms with Gasteiger partial charge >= 0.3 is 80.0 Å². The normalized spacial score (nSPS) is 12.0. The molecule has 0 N–H and O–H groups in total. The van der Waals surface area contributed by atoms with Crippen LogP contribution in [0.15, 0.2) is 0 Å². The minimum absolute atomic E-state index is 0.419. The average molecular weight is 283 g/mol. The van der Waals surface area contributed by atoms with Gasteiger partial charge in [0, 0.05) is 0 Å². The van der Waals surface area contributed by atoms with Gasteiger partial charge in [-0.2, -0.15) is 0 Å². The Kier molecular flexibility index (Phi) is 6.66. The molecule has 2 radical (unpaired) electrons. The zero-order valence-corrected chi connectivity index (χ0v) is 11.8. The molecule has 0 unspecified atom stereocenters. The van der Waals surface area contributed by atoms with Crippen LogP contribution < -0.4 is 0 Å². The molecule has 0 aliphatic heterocycles. The van der Waals surface area contributed by atoms with Crippen LogP contribution in [0.1, 0.15) is 19.8 Å². The van der Waals surface area contributed by atoms with Gasteiger partial charge in [-0.05, 0) is 0 Å². The second kappa shape index (κ2) is 5.89. The van der Waals surface area contributed by atoms with E-state index in [1.54, 1.807) is 0 Å². The second-order valence-corrected chi connectivity index (χ2v) is 14.3. The Morgan fingerprint density at radius 3 is 2.40 bits per heavy atom. The Balaban J connectivity index is 3.42. The van der Waals surface area contributed by atoms with Gasteiger partial charge in [0.25, 0.3) is 0 Å². The van der Waals surface area contributed by atoms with Crippen molar-refractivity contribution in [3.63, 3.8) is 0 Å². The van der Waals surface area contributed by atoms with Crippen LogP contribution in [0.5, 0.6) is 0 Å². The summed E-state index contributed by atoms with van der Waals surface area (Å²) in [4.78, 5) is 0. The molecule has 0 aromatic carbocycles. The summed E-state index contributed by atoms with van der Waals surface area (Å²) < 4.78 is 1.46. The topological polar surface area (TPSA) is 0 Å². The third-order valence-electron chi connectivity index (χ3n) is 1.75. The zero-order valence-electron chi connectivity index (χ0n) is 7.21. The molecule has 0 saturated heterocycles. The van der Waals surface area contributed by atoms with E-state index in [0.29, 0.717) is 0 Å². The van der Waals surface area contributed by atoms with E-state index in [0.717, 1.165) is 0 Å². The predicted octanol–water partition coefficient (Wildman–Crippen LogP) is 3.31. The Morgan fingerprint density at radius 1 is 1.40 bits per heavy atom. The molecule has 0 spiro atoms. The number of halogens is 1. The summed E-state index contributed by atoms with van der Waals surface area (Å²) in [6, 6.07) is 1.50. The molecule has 0 atom stereocenters. The second-order valence-electron chi connectivity index (χ2n) is 3.58. The fraction of sp³-hybridized carbons (Fsp3) is 1.00. The SMILES string of the molecule is CCCC[Si](C)(C)[CH2][Sn][Cl]. The molecule has 0 rings (SSSR count). The van der Waals surface area contributed by atoms with Gasteiger partial charge in [-0.1, -0.05) is 0 Å². The number of hydrogen-bond acceptors (Lipinski definition) is 0. The van der Waals surface area contributed by atoms with Crippen LogP contribution in [0.3, 0.4) is 0 Å². The zero-order chi connectivity index (χ0) is 8.04. The summed E-state index contributed by atoms with van der Waals surface area (Å²) in [5.41, 5.74) is 0. The monoisotopic (exact) mass is 284 g/mol. The summed E-state index contributed by atoms with van der Waals surface area (Å²) in [7, 11) is 5.09. The van der Waals surface area contributed by atoms with E-state index in [-0.39, 0.29) is 0 Å². The minimum atomic E-state index is -0.781. The number of rotatable bonds is 5. The number of unbranched alkanes of at least 4 members (excludes halogenated alkanes) is 1. The molecule has 0 aliphatic rings. The molecular weight excluding hydrogens is 266 g/mol. The first-order valence-electron chi connectivity index (χ1n) is 3.96. The van der Waals surface area contributed by atoms with Crippen molar-refractivity contribution in [2.75, 3.05) is 0 Å². The van der Waals surface area contributed by atoms with E-state index in [1.165, 1.54) is 22.9 Å². The van der Waals surface area contributed by atoms with Crippen LogP contribution in [-0.2, 0) is 0 Å². The molecule has 10 heavy (non-hydrogen) atoms. The van der Waals surface area contributed by atoms with Crippen LogP contribution in [0.25, 0.3) is 0 Å². The summed E-state index contributed by atoms with van der Waals surface area (Å²) in [5.74, 6) is 0. The van der Waals surface area contributed by atoms with Gasteiger partial charge < -0.3 is 0 Å². The standard InChI is InChI=1S/C7H17Si.ClH.Sn/c1-5-6-7-8(2,3)4;;/h2,5-7H2,1,3-4H3;1H;/q;;+1/p-1. The van der Waals surface area contributed by atoms with Crippen molar-refractivity contribution < 1.29 is 0 Å². The van der Waals surface area contributed by atoms with E-state index in [4.69, 9.17) is 8.92 Å². The molecule has 0 nitrogen and oxygen atoms in total. The molecule has 0 heterocycles. The summed E-state index contributed by atoms with van der Waals surface area (Å²) >= 11 is -0.419. The van der Waals surface area contributed by atoms with Crippen molar-refractivity contribution in [2.45, 2.75) is 43.0 Å². The third-order valence-corrected chi connectivity index (χ3v) is 16.6. The van der Waals surface area contributed by atoms with Gasteiger partial charge in [0.2, 0.25) is 0 Å². The average Bonchev–Trinajstić information content (AvgIpc) is 1.84. The van der Waals surface area contributed by atoms with Gasteiger partial charge in [0.1, 0.15) is 0 Å². The van der Waals surface area contributed by atoms with Crippen LogP contribution in [0, 0.1) is 0 Å². The van der Waals surface area contributed by atoms with Crippen LogP contribution in [0.2, 0.25) is 23.2 Å². The molecule has 0 amide bonds. The van der Waals surface area contributed by atoms with Crippen molar-refractivity contribution in [3.8, 4) is 0 Å². The third kappa shape index (κ3) is 6.04. The van der Waals surface area contributed by atoms with Crippen molar-refractivity contribution >= 4 is 37.0 Å². The van der Waals surface area contributed by atoms with E-state index < -0.39 is 28.1 Å². The Labute approximate surface area is 79.7 Å². The first kappa shape index (κ1) is 11.3. The molecule has 0 aromatic rings. The fourth-order valence-electron chi connectivity index (χ4n) is 0.925. The maximum atomic E-state index is 5.87.